The van der Waals surface area contributed by atoms with Crippen LogP contribution in [0.5, 0.6) is 11.5 Å². The predicted octanol–water partition coefficient (Wildman–Crippen LogP) is 3.68. The van der Waals surface area contributed by atoms with Crippen molar-refractivity contribution in [2.24, 2.45) is 5.10 Å². The third-order valence-electron chi connectivity index (χ3n) is 4.51. The lowest BCUT2D eigenvalue weighted by atomic mass is 10.1. The molecule has 3 rings (SSSR count). The van der Waals surface area contributed by atoms with E-state index < -0.39 is 5.97 Å². The maximum absolute atomic E-state index is 12.3. The first-order valence-electron chi connectivity index (χ1n) is 10.3. The highest BCUT2D eigenvalue weighted by Crippen LogP contribution is 2.29. The summed E-state index contributed by atoms with van der Waals surface area (Å²) >= 11 is 0. The molecule has 7 nitrogen and oxygen atoms in total. The van der Waals surface area contributed by atoms with Gasteiger partial charge in [0.1, 0.15) is 0 Å². The van der Waals surface area contributed by atoms with Gasteiger partial charge in [-0.25, -0.2) is 9.80 Å². The van der Waals surface area contributed by atoms with Crippen LogP contribution in [0, 0.1) is 0 Å². The second-order valence-electron chi connectivity index (χ2n) is 6.69. The minimum atomic E-state index is -0.605. The molecule has 162 valence electrons. The average Bonchev–Trinajstić information content (AvgIpc) is 3.29. The number of carbonyl (C=O) groups excluding carboxylic acids is 2. The van der Waals surface area contributed by atoms with Crippen molar-refractivity contribution in [3.8, 4) is 11.5 Å². The molecule has 1 amide bonds. The van der Waals surface area contributed by atoms with E-state index in [1.54, 1.807) is 18.2 Å². The van der Waals surface area contributed by atoms with Crippen molar-refractivity contribution < 1.29 is 23.8 Å². The minimum absolute atomic E-state index is 0.354. The number of nitrogens with zero attached hydrogens (tertiary/aromatic N) is 2. The number of hydrogen-bond donors (Lipinski definition) is 0. The lowest BCUT2D eigenvalue weighted by Crippen LogP contribution is -2.28. The molecular weight excluding hydrogens is 396 g/mol. The van der Waals surface area contributed by atoms with E-state index in [9.17, 15) is 9.59 Å². The van der Waals surface area contributed by atoms with E-state index in [4.69, 9.17) is 14.2 Å². The molecule has 0 bridgehead atoms. The first-order valence-corrected chi connectivity index (χ1v) is 10.3. The number of rotatable bonds is 9. The van der Waals surface area contributed by atoms with Gasteiger partial charge in [-0.15, -0.1) is 0 Å². The number of carbonyl (C=O) groups is 2. The van der Waals surface area contributed by atoms with Gasteiger partial charge < -0.3 is 14.2 Å². The molecule has 2 aromatic carbocycles. The Morgan fingerprint density at radius 2 is 1.77 bits per heavy atom. The molecule has 0 saturated carbocycles. The lowest BCUT2D eigenvalue weighted by molar-refractivity contribution is -0.147. The summed E-state index contributed by atoms with van der Waals surface area (Å²) in [6.07, 6.45) is 3.55. The third kappa shape index (κ3) is 6.18. The van der Waals surface area contributed by atoms with Crippen LogP contribution >= 0.6 is 0 Å². The molecule has 0 aliphatic carbocycles. The van der Waals surface area contributed by atoms with Gasteiger partial charge >= 0.3 is 5.97 Å². The van der Waals surface area contributed by atoms with Crippen LogP contribution in [0.4, 0.5) is 0 Å². The van der Waals surface area contributed by atoms with Crippen molar-refractivity contribution in [2.75, 3.05) is 26.4 Å². The summed E-state index contributed by atoms with van der Waals surface area (Å²) < 4.78 is 16.2. The van der Waals surface area contributed by atoms with Crippen LogP contribution in [0.3, 0.4) is 0 Å². The highest BCUT2D eigenvalue weighted by molar-refractivity contribution is 6.02. The highest BCUT2D eigenvalue weighted by Gasteiger charge is 2.22. The maximum atomic E-state index is 12.3. The first kappa shape index (κ1) is 22.1. The fraction of sp³-hybridized carbons (Fsp3) is 0.292. The summed E-state index contributed by atoms with van der Waals surface area (Å²) in [4.78, 5) is 24.3. The molecule has 0 aromatic heterocycles. The molecule has 0 unspecified atom stereocenters. The van der Waals surface area contributed by atoms with Crippen molar-refractivity contribution in [1.29, 1.82) is 0 Å². The van der Waals surface area contributed by atoms with Crippen molar-refractivity contribution in [1.82, 2.24) is 5.01 Å². The van der Waals surface area contributed by atoms with Gasteiger partial charge in [-0.2, -0.15) is 5.10 Å². The summed E-state index contributed by atoms with van der Waals surface area (Å²) in [6, 6.07) is 15.1. The molecule has 1 aliphatic rings. The Morgan fingerprint density at radius 1 is 1.03 bits per heavy atom. The van der Waals surface area contributed by atoms with Gasteiger partial charge in [0.05, 0.1) is 25.5 Å². The molecule has 31 heavy (non-hydrogen) atoms. The second-order valence-corrected chi connectivity index (χ2v) is 6.69. The van der Waals surface area contributed by atoms with E-state index in [1.165, 1.54) is 11.1 Å². The zero-order chi connectivity index (χ0) is 22.1. The SMILES string of the molecule is CCOc1ccc(/C=C/C(=O)OCC(=O)N2CCC(c3ccccc3)=N2)cc1OCC. The van der Waals surface area contributed by atoms with Crippen LogP contribution in [0.25, 0.3) is 6.08 Å². The van der Waals surface area contributed by atoms with Gasteiger partial charge in [-0.3, -0.25) is 4.79 Å². The number of benzene rings is 2. The highest BCUT2D eigenvalue weighted by atomic mass is 16.5. The standard InChI is InChI=1S/C24H26N2O5/c1-3-29-21-12-10-18(16-22(21)30-4-2)11-13-24(28)31-17-23(27)26-15-14-20(25-26)19-8-6-5-7-9-19/h5-13,16H,3-4,14-15,17H2,1-2H3/b13-11+. The van der Waals surface area contributed by atoms with Crippen LogP contribution in [0.15, 0.2) is 59.7 Å². The second kappa shape index (κ2) is 11.0. The summed E-state index contributed by atoms with van der Waals surface area (Å²) in [7, 11) is 0. The number of hydrazone groups is 1. The van der Waals surface area contributed by atoms with Crippen LogP contribution in [0.1, 0.15) is 31.4 Å². The van der Waals surface area contributed by atoms with Gasteiger partial charge in [-0.1, -0.05) is 36.4 Å². The Balaban J connectivity index is 1.53. The van der Waals surface area contributed by atoms with Gasteiger partial charge in [0.15, 0.2) is 18.1 Å². The number of ether oxygens (including phenoxy) is 3. The van der Waals surface area contributed by atoms with Gasteiger partial charge in [-0.05, 0) is 43.2 Å². The summed E-state index contributed by atoms with van der Waals surface area (Å²) in [6.45, 7) is 4.94. The van der Waals surface area contributed by atoms with E-state index in [0.29, 0.717) is 37.7 Å². The molecule has 0 atom stereocenters. The van der Waals surface area contributed by atoms with E-state index >= 15 is 0 Å². The van der Waals surface area contributed by atoms with E-state index in [1.807, 2.05) is 50.2 Å². The molecule has 0 radical (unpaired) electrons. The Hall–Kier alpha value is -3.61. The summed E-state index contributed by atoms with van der Waals surface area (Å²) in [5, 5.41) is 5.69. The van der Waals surface area contributed by atoms with Crippen molar-refractivity contribution >= 4 is 23.7 Å². The number of amides is 1. The topological polar surface area (TPSA) is 77.4 Å². The van der Waals surface area contributed by atoms with Gasteiger partial charge in [0.25, 0.3) is 5.91 Å². The summed E-state index contributed by atoms with van der Waals surface area (Å²) in [5.74, 6) is 0.297. The monoisotopic (exact) mass is 422 g/mol. The van der Waals surface area contributed by atoms with E-state index in [2.05, 4.69) is 5.10 Å². The average molecular weight is 422 g/mol. The zero-order valence-electron chi connectivity index (χ0n) is 17.7. The molecule has 0 N–H and O–H groups in total. The Morgan fingerprint density at radius 3 is 2.52 bits per heavy atom. The van der Waals surface area contributed by atoms with Crippen LogP contribution in [-0.4, -0.2) is 49.0 Å². The van der Waals surface area contributed by atoms with Crippen LogP contribution in [-0.2, 0) is 14.3 Å². The Kier molecular flexibility index (Phi) is 7.81. The normalized spacial score (nSPS) is 13.2. The molecular formula is C24H26N2O5. The fourth-order valence-electron chi connectivity index (χ4n) is 3.06. The molecule has 0 saturated heterocycles. The van der Waals surface area contributed by atoms with Gasteiger partial charge in [0.2, 0.25) is 0 Å². The van der Waals surface area contributed by atoms with Crippen LogP contribution in [0.2, 0.25) is 0 Å². The Labute approximate surface area is 181 Å². The lowest BCUT2D eigenvalue weighted by Gasteiger charge is -2.11. The maximum Gasteiger partial charge on any atom is 0.331 e. The van der Waals surface area contributed by atoms with Crippen molar-refractivity contribution in [2.45, 2.75) is 20.3 Å². The largest absolute Gasteiger partial charge is 0.490 e. The molecule has 7 heteroatoms. The molecule has 1 heterocycles. The Bertz CT molecular complexity index is 969. The van der Waals surface area contributed by atoms with Gasteiger partial charge in [0, 0.05) is 12.5 Å². The minimum Gasteiger partial charge on any atom is -0.490 e. The van der Waals surface area contributed by atoms with Crippen molar-refractivity contribution in [3.05, 3.63) is 65.7 Å². The molecule has 1 aliphatic heterocycles. The number of hydrogen-bond acceptors (Lipinski definition) is 6. The zero-order valence-corrected chi connectivity index (χ0v) is 17.7. The quantitative estimate of drug-likeness (QED) is 0.455. The first-order chi connectivity index (χ1) is 15.1. The third-order valence-corrected chi connectivity index (χ3v) is 4.51. The smallest absolute Gasteiger partial charge is 0.331 e. The summed E-state index contributed by atoms with van der Waals surface area (Å²) in [5.41, 5.74) is 2.59. The molecule has 0 spiro atoms. The van der Waals surface area contributed by atoms with E-state index in [0.717, 1.165) is 16.8 Å². The van der Waals surface area contributed by atoms with E-state index in [-0.39, 0.29) is 12.5 Å². The fourth-order valence-corrected chi connectivity index (χ4v) is 3.06. The number of esters is 1. The predicted molar refractivity (Wildman–Crippen MR) is 118 cm³/mol. The molecule has 2 aromatic rings. The van der Waals surface area contributed by atoms with Crippen LogP contribution < -0.4 is 9.47 Å². The van der Waals surface area contributed by atoms with Crippen molar-refractivity contribution in [3.63, 3.8) is 0 Å². The molecule has 0 fully saturated rings.